The summed E-state index contributed by atoms with van der Waals surface area (Å²) in [5.74, 6) is 0.867. The SMILES string of the molecule is Cc1cccc(C(=O)N2C[C@@H]3CC[C@H]2CN(C)C3)c1. The van der Waals surface area contributed by atoms with Crippen LogP contribution in [0.25, 0.3) is 0 Å². The zero-order valence-corrected chi connectivity index (χ0v) is 11.8. The van der Waals surface area contributed by atoms with Crippen LogP contribution < -0.4 is 0 Å². The van der Waals surface area contributed by atoms with Crippen molar-refractivity contribution in [1.29, 1.82) is 0 Å². The fraction of sp³-hybridized carbons (Fsp3) is 0.562. The van der Waals surface area contributed by atoms with Crippen molar-refractivity contribution >= 4 is 5.91 Å². The Balaban J connectivity index is 1.84. The number of carbonyl (C=O) groups is 1. The zero-order valence-electron chi connectivity index (χ0n) is 11.8. The number of rotatable bonds is 1. The van der Waals surface area contributed by atoms with E-state index in [-0.39, 0.29) is 5.91 Å². The van der Waals surface area contributed by atoms with Gasteiger partial charge in [-0.05, 0) is 44.9 Å². The summed E-state index contributed by atoms with van der Waals surface area (Å²) in [5, 5.41) is 0. The number of hydrogen-bond acceptors (Lipinski definition) is 2. The number of fused-ring (bicyclic) bond motifs is 4. The van der Waals surface area contributed by atoms with E-state index in [1.54, 1.807) is 0 Å². The third kappa shape index (κ3) is 2.52. The van der Waals surface area contributed by atoms with Crippen LogP contribution in [0.2, 0.25) is 0 Å². The van der Waals surface area contributed by atoms with Crippen LogP contribution in [0.3, 0.4) is 0 Å². The van der Waals surface area contributed by atoms with E-state index in [1.807, 2.05) is 31.2 Å². The zero-order chi connectivity index (χ0) is 13.4. The molecule has 1 amide bonds. The molecular weight excluding hydrogens is 236 g/mol. The van der Waals surface area contributed by atoms with E-state index in [9.17, 15) is 4.79 Å². The smallest absolute Gasteiger partial charge is 0.254 e. The Morgan fingerprint density at radius 1 is 1.21 bits per heavy atom. The molecule has 2 bridgehead atoms. The molecule has 0 spiro atoms. The van der Waals surface area contributed by atoms with Crippen molar-refractivity contribution in [3.05, 3.63) is 35.4 Å². The third-order valence-electron chi connectivity index (χ3n) is 4.42. The highest BCUT2D eigenvalue weighted by Crippen LogP contribution is 2.28. The summed E-state index contributed by atoms with van der Waals surface area (Å²) in [4.78, 5) is 17.2. The second-order valence-electron chi connectivity index (χ2n) is 6.15. The van der Waals surface area contributed by atoms with Gasteiger partial charge in [-0.25, -0.2) is 0 Å². The van der Waals surface area contributed by atoms with E-state index in [1.165, 1.54) is 6.42 Å². The van der Waals surface area contributed by atoms with Gasteiger partial charge in [-0.3, -0.25) is 4.79 Å². The van der Waals surface area contributed by atoms with Gasteiger partial charge in [0.2, 0.25) is 0 Å². The minimum atomic E-state index is 0.216. The van der Waals surface area contributed by atoms with Crippen LogP contribution in [0.4, 0.5) is 0 Å². The Morgan fingerprint density at radius 2 is 2.05 bits per heavy atom. The molecule has 3 heterocycles. The highest BCUT2D eigenvalue weighted by atomic mass is 16.2. The van der Waals surface area contributed by atoms with Crippen molar-refractivity contribution in [2.45, 2.75) is 25.8 Å². The summed E-state index contributed by atoms with van der Waals surface area (Å²) in [6.45, 7) is 5.13. The van der Waals surface area contributed by atoms with Gasteiger partial charge in [-0.1, -0.05) is 17.7 Å². The van der Waals surface area contributed by atoms with Gasteiger partial charge >= 0.3 is 0 Å². The molecule has 0 radical (unpaired) electrons. The summed E-state index contributed by atoms with van der Waals surface area (Å²) in [5.41, 5.74) is 2.00. The molecule has 0 saturated carbocycles. The van der Waals surface area contributed by atoms with Crippen molar-refractivity contribution < 1.29 is 4.79 Å². The van der Waals surface area contributed by atoms with Gasteiger partial charge in [0, 0.05) is 31.2 Å². The topological polar surface area (TPSA) is 23.6 Å². The molecule has 0 aromatic heterocycles. The standard InChI is InChI=1S/C16H22N2O/c1-12-4-3-5-14(8-12)16(19)18-10-13-6-7-15(18)11-17(2)9-13/h3-5,8,13,15H,6-7,9-11H2,1-2H3/t13-,15+/m1/s1. The highest BCUT2D eigenvalue weighted by molar-refractivity contribution is 5.94. The molecule has 0 aliphatic carbocycles. The minimum absolute atomic E-state index is 0.216. The minimum Gasteiger partial charge on any atom is -0.334 e. The van der Waals surface area contributed by atoms with Crippen molar-refractivity contribution in [1.82, 2.24) is 9.80 Å². The van der Waals surface area contributed by atoms with Gasteiger partial charge in [0.05, 0.1) is 0 Å². The lowest BCUT2D eigenvalue weighted by Gasteiger charge is -2.36. The predicted molar refractivity (Wildman–Crippen MR) is 76.2 cm³/mol. The first-order valence-electron chi connectivity index (χ1n) is 7.19. The Labute approximate surface area is 115 Å². The van der Waals surface area contributed by atoms with Crippen LogP contribution in [0.5, 0.6) is 0 Å². The van der Waals surface area contributed by atoms with Crippen molar-refractivity contribution in [3.63, 3.8) is 0 Å². The molecule has 3 nitrogen and oxygen atoms in total. The molecule has 1 aromatic rings. The highest BCUT2D eigenvalue weighted by Gasteiger charge is 2.36. The van der Waals surface area contributed by atoms with E-state index in [2.05, 4.69) is 16.8 Å². The number of amides is 1. The fourth-order valence-electron chi connectivity index (χ4n) is 3.51. The number of likely N-dealkylation sites (N-methyl/N-ethyl adjacent to an activating group) is 1. The second-order valence-corrected chi connectivity index (χ2v) is 6.15. The monoisotopic (exact) mass is 258 g/mol. The van der Waals surface area contributed by atoms with Crippen molar-refractivity contribution in [2.75, 3.05) is 26.7 Å². The lowest BCUT2D eigenvalue weighted by atomic mass is 9.94. The van der Waals surface area contributed by atoms with Gasteiger partial charge in [-0.2, -0.15) is 0 Å². The van der Waals surface area contributed by atoms with E-state index >= 15 is 0 Å². The van der Waals surface area contributed by atoms with Gasteiger partial charge in [-0.15, -0.1) is 0 Å². The maximum atomic E-state index is 12.7. The number of piperidine rings is 1. The summed E-state index contributed by atoms with van der Waals surface area (Å²) >= 11 is 0. The van der Waals surface area contributed by atoms with E-state index in [0.29, 0.717) is 12.0 Å². The molecule has 102 valence electrons. The molecular formula is C16H22N2O. The summed E-state index contributed by atoms with van der Waals surface area (Å²) < 4.78 is 0. The van der Waals surface area contributed by atoms with Crippen LogP contribution >= 0.6 is 0 Å². The predicted octanol–water partition coefficient (Wildman–Crippen LogP) is 2.16. The molecule has 3 aliphatic rings. The Hall–Kier alpha value is -1.35. The first-order valence-corrected chi connectivity index (χ1v) is 7.19. The molecule has 1 aromatic carbocycles. The van der Waals surface area contributed by atoms with E-state index < -0.39 is 0 Å². The molecule has 3 saturated heterocycles. The average molecular weight is 258 g/mol. The molecule has 2 atom stereocenters. The Bertz CT molecular complexity index is 485. The largest absolute Gasteiger partial charge is 0.334 e. The van der Waals surface area contributed by atoms with Crippen LogP contribution in [-0.2, 0) is 0 Å². The van der Waals surface area contributed by atoms with Gasteiger partial charge < -0.3 is 9.80 Å². The summed E-state index contributed by atoms with van der Waals surface area (Å²) in [7, 11) is 2.17. The van der Waals surface area contributed by atoms with Crippen LogP contribution in [0.15, 0.2) is 24.3 Å². The van der Waals surface area contributed by atoms with Gasteiger partial charge in [0.25, 0.3) is 5.91 Å². The Kier molecular flexibility index (Phi) is 3.31. The van der Waals surface area contributed by atoms with Gasteiger partial charge in [0.1, 0.15) is 0 Å². The summed E-state index contributed by atoms with van der Waals surface area (Å²) in [6, 6.07) is 8.36. The first kappa shape index (κ1) is 12.7. The van der Waals surface area contributed by atoms with Crippen LogP contribution in [0.1, 0.15) is 28.8 Å². The first-order chi connectivity index (χ1) is 9.13. The number of hydrogen-bond donors (Lipinski definition) is 0. The lowest BCUT2D eigenvalue weighted by Crippen LogP contribution is -2.47. The fourth-order valence-corrected chi connectivity index (χ4v) is 3.51. The van der Waals surface area contributed by atoms with Crippen LogP contribution in [-0.4, -0.2) is 48.4 Å². The summed E-state index contributed by atoms with van der Waals surface area (Å²) in [6.07, 6.45) is 2.43. The third-order valence-corrected chi connectivity index (χ3v) is 4.42. The number of nitrogens with zero attached hydrogens (tertiary/aromatic N) is 2. The van der Waals surface area contributed by atoms with Crippen molar-refractivity contribution in [3.8, 4) is 0 Å². The molecule has 3 heteroatoms. The molecule has 0 unspecified atom stereocenters. The van der Waals surface area contributed by atoms with Gasteiger partial charge in [0.15, 0.2) is 0 Å². The molecule has 0 N–H and O–H groups in total. The van der Waals surface area contributed by atoms with Crippen molar-refractivity contribution in [2.24, 2.45) is 5.92 Å². The van der Waals surface area contributed by atoms with E-state index in [0.717, 1.165) is 37.2 Å². The molecule has 3 fully saturated rings. The maximum absolute atomic E-state index is 12.7. The molecule has 3 aliphatic heterocycles. The normalized spacial score (nSPS) is 27.4. The maximum Gasteiger partial charge on any atom is 0.254 e. The molecule has 19 heavy (non-hydrogen) atoms. The Morgan fingerprint density at radius 3 is 2.84 bits per heavy atom. The average Bonchev–Trinajstić information content (AvgIpc) is 2.66. The number of carbonyl (C=O) groups excluding carboxylic acids is 1. The number of aryl methyl sites for hydroxylation is 1. The number of benzene rings is 1. The molecule has 4 rings (SSSR count). The van der Waals surface area contributed by atoms with E-state index in [4.69, 9.17) is 0 Å². The van der Waals surface area contributed by atoms with Crippen LogP contribution in [0, 0.1) is 12.8 Å². The quantitative estimate of drug-likeness (QED) is 0.770. The second kappa shape index (κ2) is 4.97. The lowest BCUT2D eigenvalue weighted by molar-refractivity contribution is 0.0587.